The number of methoxy groups -OCH3 is 1. The lowest BCUT2D eigenvalue weighted by molar-refractivity contribution is 0.102. The number of carbonyl (C=O) groups excluding carboxylic acids is 1. The van der Waals surface area contributed by atoms with E-state index >= 15 is 0 Å². The Hall–Kier alpha value is -3.13. The molecule has 3 rings (SSSR count). The predicted molar refractivity (Wildman–Crippen MR) is 92.5 cm³/mol. The minimum absolute atomic E-state index is 0.178. The van der Waals surface area contributed by atoms with Crippen molar-refractivity contribution >= 4 is 35.0 Å². The predicted octanol–water partition coefficient (Wildman–Crippen LogP) is 3.43. The Morgan fingerprint density at radius 3 is 2.80 bits per heavy atom. The highest BCUT2D eigenvalue weighted by Gasteiger charge is 2.12. The van der Waals surface area contributed by atoms with Gasteiger partial charge in [-0.05, 0) is 31.2 Å². The van der Waals surface area contributed by atoms with Crippen molar-refractivity contribution in [3.05, 3.63) is 53.0 Å². The summed E-state index contributed by atoms with van der Waals surface area (Å²) in [7, 11) is 1.54. The number of anilines is 3. The van der Waals surface area contributed by atoms with Gasteiger partial charge in [-0.2, -0.15) is 0 Å². The van der Waals surface area contributed by atoms with Gasteiger partial charge in [0.15, 0.2) is 5.82 Å². The van der Waals surface area contributed by atoms with E-state index in [1.54, 1.807) is 31.2 Å². The van der Waals surface area contributed by atoms with Gasteiger partial charge in [-0.25, -0.2) is 9.97 Å². The maximum absolute atomic E-state index is 12.2. The molecule has 0 radical (unpaired) electrons. The normalized spacial score (nSPS) is 10.4. The van der Waals surface area contributed by atoms with Crippen molar-refractivity contribution in [1.82, 2.24) is 15.1 Å². The smallest absolute Gasteiger partial charge is 0.275 e. The number of benzene rings is 1. The number of halogens is 1. The summed E-state index contributed by atoms with van der Waals surface area (Å²) in [6, 6.07) is 8.26. The maximum atomic E-state index is 12.2. The number of aryl methyl sites for hydroxylation is 1. The molecule has 0 aliphatic carbocycles. The third kappa shape index (κ3) is 4.04. The van der Waals surface area contributed by atoms with Gasteiger partial charge in [0.2, 0.25) is 5.95 Å². The molecule has 0 fully saturated rings. The molecule has 1 amide bonds. The SMILES string of the molecule is COc1ccc(Nc2nccc(C(=O)Nc3cc(C)on3)n2)cc1Cl. The minimum Gasteiger partial charge on any atom is -0.495 e. The molecule has 128 valence electrons. The van der Waals surface area contributed by atoms with Gasteiger partial charge in [0.1, 0.15) is 17.2 Å². The Morgan fingerprint density at radius 2 is 2.12 bits per heavy atom. The van der Waals surface area contributed by atoms with Gasteiger partial charge in [-0.15, -0.1) is 0 Å². The molecular formula is C16H14ClN5O3. The molecule has 0 bridgehead atoms. The van der Waals surface area contributed by atoms with E-state index in [4.69, 9.17) is 20.9 Å². The number of nitrogens with one attached hydrogen (secondary N) is 2. The molecule has 0 saturated heterocycles. The molecule has 2 N–H and O–H groups in total. The van der Waals surface area contributed by atoms with Gasteiger partial charge in [-0.3, -0.25) is 4.79 Å². The Labute approximate surface area is 148 Å². The van der Waals surface area contributed by atoms with Crippen LogP contribution < -0.4 is 15.4 Å². The monoisotopic (exact) mass is 359 g/mol. The zero-order valence-electron chi connectivity index (χ0n) is 13.4. The van der Waals surface area contributed by atoms with Crippen molar-refractivity contribution in [2.45, 2.75) is 6.92 Å². The van der Waals surface area contributed by atoms with E-state index in [2.05, 4.69) is 25.8 Å². The zero-order chi connectivity index (χ0) is 17.8. The van der Waals surface area contributed by atoms with Crippen LogP contribution in [0.3, 0.4) is 0 Å². The number of rotatable bonds is 5. The molecule has 0 aliphatic rings. The van der Waals surface area contributed by atoms with Crippen LogP contribution in [0.15, 0.2) is 41.1 Å². The van der Waals surface area contributed by atoms with Gasteiger partial charge < -0.3 is 19.9 Å². The van der Waals surface area contributed by atoms with E-state index in [9.17, 15) is 4.79 Å². The molecule has 3 aromatic rings. The van der Waals surface area contributed by atoms with Gasteiger partial charge in [-0.1, -0.05) is 16.8 Å². The quantitative estimate of drug-likeness (QED) is 0.719. The average Bonchev–Trinajstić information content (AvgIpc) is 3.00. The topological polar surface area (TPSA) is 102 Å². The minimum atomic E-state index is -0.425. The summed E-state index contributed by atoms with van der Waals surface area (Å²) in [4.78, 5) is 20.5. The van der Waals surface area contributed by atoms with E-state index in [0.717, 1.165) is 0 Å². The summed E-state index contributed by atoms with van der Waals surface area (Å²) >= 11 is 6.08. The van der Waals surface area contributed by atoms with Crippen LogP contribution in [0.25, 0.3) is 0 Å². The number of ether oxygens (including phenoxy) is 1. The van der Waals surface area contributed by atoms with E-state index < -0.39 is 5.91 Å². The highest BCUT2D eigenvalue weighted by molar-refractivity contribution is 6.32. The molecule has 0 saturated carbocycles. The second-order valence-corrected chi connectivity index (χ2v) is 5.42. The van der Waals surface area contributed by atoms with Crippen molar-refractivity contribution in [3.63, 3.8) is 0 Å². The van der Waals surface area contributed by atoms with Crippen molar-refractivity contribution in [1.29, 1.82) is 0 Å². The highest BCUT2D eigenvalue weighted by Crippen LogP contribution is 2.28. The molecule has 0 atom stereocenters. The first-order valence-electron chi connectivity index (χ1n) is 7.23. The van der Waals surface area contributed by atoms with Crippen LogP contribution in [0.1, 0.15) is 16.2 Å². The number of hydrogen-bond acceptors (Lipinski definition) is 7. The lowest BCUT2D eigenvalue weighted by atomic mass is 10.3. The first kappa shape index (κ1) is 16.7. The molecule has 1 aromatic carbocycles. The van der Waals surface area contributed by atoms with Crippen LogP contribution in [0, 0.1) is 6.92 Å². The van der Waals surface area contributed by atoms with Crippen molar-refractivity contribution in [2.75, 3.05) is 17.7 Å². The van der Waals surface area contributed by atoms with E-state index in [-0.39, 0.29) is 11.6 Å². The summed E-state index contributed by atoms with van der Waals surface area (Å²) in [6.45, 7) is 1.73. The molecule has 9 heteroatoms. The average molecular weight is 360 g/mol. The molecule has 0 spiro atoms. The molecule has 2 aromatic heterocycles. The van der Waals surface area contributed by atoms with Gasteiger partial charge >= 0.3 is 0 Å². The van der Waals surface area contributed by atoms with Crippen LogP contribution in [-0.2, 0) is 0 Å². The summed E-state index contributed by atoms with van der Waals surface area (Å²) in [6.07, 6.45) is 1.48. The standard InChI is InChI=1S/C16H14ClN5O3/c1-9-7-14(22-25-9)21-15(23)12-5-6-18-16(20-12)19-10-3-4-13(24-2)11(17)8-10/h3-8H,1-2H3,(H,18,19,20)(H,21,22,23). The maximum Gasteiger partial charge on any atom is 0.275 e. The fraction of sp³-hybridized carbons (Fsp3) is 0.125. The lowest BCUT2D eigenvalue weighted by Crippen LogP contribution is -2.15. The third-order valence-electron chi connectivity index (χ3n) is 3.17. The number of carbonyl (C=O) groups is 1. The van der Waals surface area contributed by atoms with Crippen molar-refractivity contribution in [3.8, 4) is 5.75 Å². The van der Waals surface area contributed by atoms with E-state index in [1.165, 1.54) is 19.4 Å². The highest BCUT2D eigenvalue weighted by atomic mass is 35.5. The van der Waals surface area contributed by atoms with Crippen LogP contribution >= 0.6 is 11.6 Å². The summed E-state index contributed by atoms with van der Waals surface area (Å²) in [5.74, 6) is 1.30. The Bertz CT molecular complexity index is 912. The molecule has 0 aliphatic heterocycles. The van der Waals surface area contributed by atoms with Crippen LogP contribution in [0.2, 0.25) is 5.02 Å². The lowest BCUT2D eigenvalue weighted by Gasteiger charge is -2.08. The number of hydrogen-bond donors (Lipinski definition) is 2. The molecule has 0 unspecified atom stereocenters. The van der Waals surface area contributed by atoms with Gasteiger partial charge in [0, 0.05) is 18.0 Å². The van der Waals surface area contributed by atoms with Crippen LogP contribution in [-0.4, -0.2) is 28.1 Å². The van der Waals surface area contributed by atoms with Crippen LogP contribution in [0.5, 0.6) is 5.75 Å². The number of amides is 1. The van der Waals surface area contributed by atoms with E-state index in [1.807, 2.05) is 0 Å². The largest absolute Gasteiger partial charge is 0.495 e. The fourth-order valence-electron chi connectivity index (χ4n) is 2.02. The Balaban J connectivity index is 1.74. The first-order valence-corrected chi connectivity index (χ1v) is 7.61. The number of aromatic nitrogens is 3. The summed E-state index contributed by atoms with van der Waals surface area (Å²) in [5.41, 5.74) is 0.841. The summed E-state index contributed by atoms with van der Waals surface area (Å²) < 4.78 is 10.0. The third-order valence-corrected chi connectivity index (χ3v) is 3.46. The second kappa shape index (κ2) is 7.18. The first-order chi connectivity index (χ1) is 12.0. The molecule has 8 nitrogen and oxygen atoms in total. The Kier molecular flexibility index (Phi) is 4.80. The van der Waals surface area contributed by atoms with Crippen molar-refractivity contribution in [2.24, 2.45) is 0 Å². The Morgan fingerprint density at radius 1 is 1.28 bits per heavy atom. The second-order valence-electron chi connectivity index (χ2n) is 5.02. The van der Waals surface area contributed by atoms with Crippen molar-refractivity contribution < 1.29 is 14.1 Å². The van der Waals surface area contributed by atoms with Crippen LogP contribution in [0.4, 0.5) is 17.5 Å². The fourth-order valence-corrected chi connectivity index (χ4v) is 2.28. The number of nitrogens with zero attached hydrogens (tertiary/aromatic N) is 3. The molecule has 2 heterocycles. The van der Waals surface area contributed by atoms with E-state index in [0.29, 0.717) is 28.0 Å². The van der Waals surface area contributed by atoms with Gasteiger partial charge in [0.05, 0.1) is 12.1 Å². The zero-order valence-corrected chi connectivity index (χ0v) is 14.2. The molecular weight excluding hydrogens is 346 g/mol. The summed E-state index contributed by atoms with van der Waals surface area (Å²) in [5, 5.41) is 9.73. The molecule has 25 heavy (non-hydrogen) atoms. The van der Waals surface area contributed by atoms with Gasteiger partial charge in [0.25, 0.3) is 5.91 Å².